The predicted molar refractivity (Wildman–Crippen MR) is 84.3 cm³/mol. The van der Waals surface area contributed by atoms with Gasteiger partial charge < -0.3 is 15.6 Å². The van der Waals surface area contributed by atoms with Gasteiger partial charge in [-0.2, -0.15) is 0 Å². The molecule has 0 saturated heterocycles. The zero-order chi connectivity index (χ0) is 15.0. The molecule has 0 aliphatic carbocycles. The van der Waals surface area contributed by atoms with Gasteiger partial charge in [-0.3, -0.25) is 4.79 Å². The topological polar surface area (TPSA) is 72.9 Å². The van der Waals surface area contributed by atoms with Gasteiger partial charge in [0.25, 0.3) is 0 Å². The molecular formula is C14H24N4OS. The fourth-order valence-electron chi connectivity index (χ4n) is 2.24. The van der Waals surface area contributed by atoms with E-state index in [0.29, 0.717) is 24.4 Å². The summed E-state index contributed by atoms with van der Waals surface area (Å²) < 4.78 is 2.03. The zero-order valence-electron chi connectivity index (χ0n) is 12.3. The zero-order valence-corrected chi connectivity index (χ0v) is 13.1. The summed E-state index contributed by atoms with van der Waals surface area (Å²) in [4.78, 5) is 16.5. The van der Waals surface area contributed by atoms with Crippen LogP contribution in [0.5, 0.6) is 0 Å². The van der Waals surface area contributed by atoms with E-state index < -0.39 is 5.41 Å². The van der Waals surface area contributed by atoms with Gasteiger partial charge in [0.15, 0.2) is 0 Å². The van der Waals surface area contributed by atoms with Crippen LogP contribution in [0.1, 0.15) is 39.5 Å². The molecule has 1 aromatic rings. The smallest absolute Gasteiger partial charge is 0.233 e. The Kier molecular flexibility index (Phi) is 6.64. The van der Waals surface area contributed by atoms with Crippen LogP contribution < -0.4 is 11.1 Å². The molecule has 1 rings (SSSR count). The minimum Gasteiger partial charge on any atom is -0.392 e. The average molecular weight is 296 g/mol. The van der Waals surface area contributed by atoms with Crippen LogP contribution in [0.4, 0.5) is 0 Å². The fraction of sp³-hybridized carbons (Fsp3) is 0.643. The number of amides is 1. The summed E-state index contributed by atoms with van der Waals surface area (Å²) in [5.74, 6) is -0.0439. The third kappa shape index (κ3) is 4.03. The molecule has 20 heavy (non-hydrogen) atoms. The lowest BCUT2D eigenvalue weighted by atomic mass is 9.81. The van der Waals surface area contributed by atoms with Crippen molar-refractivity contribution in [3.63, 3.8) is 0 Å². The second kappa shape index (κ2) is 7.99. The highest BCUT2D eigenvalue weighted by atomic mass is 32.1. The average Bonchev–Trinajstić information content (AvgIpc) is 2.93. The molecule has 0 aliphatic rings. The second-order valence-corrected chi connectivity index (χ2v) is 5.36. The first-order valence-corrected chi connectivity index (χ1v) is 7.51. The number of unbranched alkanes of at least 4 members (excludes halogenated alkanes) is 1. The molecule has 1 aromatic heterocycles. The monoisotopic (exact) mass is 296 g/mol. The highest BCUT2D eigenvalue weighted by Gasteiger charge is 2.37. The SMILES string of the molecule is CCC(CC)(C(=O)NCCCCn1ccnc1)C(N)=S. The van der Waals surface area contributed by atoms with Gasteiger partial charge >= 0.3 is 0 Å². The van der Waals surface area contributed by atoms with Gasteiger partial charge in [-0.05, 0) is 25.7 Å². The van der Waals surface area contributed by atoms with Gasteiger partial charge in [0.2, 0.25) is 5.91 Å². The van der Waals surface area contributed by atoms with Crippen LogP contribution in [-0.2, 0) is 11.3 Å². The number of nitrogens with two attached hydrogens (primary N) is 1. The van der Waals surface area contributed by atoms with Crippen LogP contribution in [-0.4, -0.2) is 27.0 Å². The Balaban J connectivity index is 2.33. The molecule has 1 amide bonds. The number of imidazole rings is 1. The van der Waals surface area contributed by atoms with Crippen molar-refractivity contribution in [2.45, 2.75) is 46.1 Å². The first-order chi connectivity index (χ1) is 9.56. The number of nitrogens with zero attached hydrogens (tertiary/aromatic N) is 2. The van der Waals surface area contributed by atoms with E-state index in [2.05, 4.69) is 10.3 Å². The summed E-state index contributed by atoms with van der Waals surface area (Å²) in [7, 11) is 0. The number of rotatable bonds is 9. The summed E-state index contributed by atoms with van der Waals surface area (Å²) >= 11 is 5.07. The van der Waals surface area contributed by atoms with Crippen LogP contribution in [0.3, 0.4) is 0 Å². The van der Waals surface area contributed by atoms with E-state index >= 15 is 0 Å². The van der Waals surface area contributed by atoms with Crippen molar-refractivity contribution < 1.29 is 4.79 Å². The minimum atomic E-state index is -0.695. The Labute approximate surface area is 125 Å². The lowest BCUT2D eigenvalue weighted by molar-refractivity contribution is -0.127. The second-order valence-electron chi connectivity index (χ2n) is 4.92. The quantitative estimate of drug-likeness (QED) is 0.539. The van der Waals surface area contributed by atoms with Gasteiger partial charge in [-0.25, -0.2) is 4.98 Å². The molecule has 3 N–H and O–H groups in total. The third-order valence-corrected chi connectivity index (χ3v) is 4.19. The highest BCUT2D eigenvalue weighted by molar-refractivity contribution is 7.80. The number of hydrogen-bond donors (Lipinski definition) is 2. The molecule has 0 spiro atoms. The van der Waals surface area contributed by atoms with E-state index in [4.69, 9.17) is 18.0 Å². The maximum atomic E-state index is 12.3. The Hall–Kier alpha value is -1.43. The number of carbonyl (C=O) groups excluding carboxylic acids is 1. The molecule has 0 radical (unpaired) electrons. The van der Waals surface area contributed by atoms with Crippen molar-refractivity contribution in [3.05, 3.63) is 18.7 Å². The normalized spacial score (nSPS) is 11.3. The summed E-state index contributed by atoms with van der Waals surface area (Å²) in [6.07, 6.45) is 8.69. The van der Waals surface area contributed by atoms with Crippen LogP contribution in [0, 0.1) is 5.41 Å². The van der Waals surface area contributed by atoms with Crippen molar-refractivity contribution >= 4 is 23.1 Å². The van der Waals surface area contributed by atoms with E-state index in [1.54, 1.807) is 12.5 Å². The lowest BCUT2D eigenvalue weighted by Gasteiger charge is -2.28. The van der Waals surface area contributed by atoms with Gasteiger partial charge in [-0.1, -0.05) is 26.1 Å². The van der Waals surface area contributed by atoms with Crippen molar-refractivity contribution in [3.8, 4) is 0 Å². The Morgan fingerprint density at radius 3 is 2.60 bits per heavy atom. The number of aryl methyl sites for hydroxylation is 1. The largest absolute Gasteiger partial charge is 0.392 e. The van der Waals surface area contributed by atoms with Crippen molar-refractivity contribution in [2.24, 2.45) is 11.1 Å². The standard InChI is InChI=1S/C14H24N4OS/c1-3-14(4-2,12(15)20)13(19)17-7-5-6-9-18-10-8-16-11-18/h8,10-11H,3-7,9H2,1-2H3,(H2,15,20)(H,17,19). The molecule has 0 fully saturated rings. The fourth-order valence-corrected chi connectivity index (χ4v) is 2.62. The summed E-state index contributed by atoms with van der Waals surface area (Å²) in [5, 5.41) is 2.96. The first kappa shape index (κ1) is 16.6. The van der Waals surface area contributed by atoms with Crippen molar-refractivity contribution in [2.75, 3.05) is 6.54 Å². The lowest BCUT2D eigenvalue weighted by Crippen LogP contribution is -2.48. The molecule has 6 heteroatoms. The van der Waals surface area contributed by atoms with E-state index in [1.807, 2.05) is 24.6 Å². The maximum absolute atomic E-state index is 12.3. The summed E-state index contributed by atoms with van der Waals surface area (Å²) in [6, 6.07) is 0. The van der Waals surface area contributed by atoms with Crippen LogP contribution in [0.2, 0.25) is 0 Å². The maximum Gasteiger partial charge on any atom is 0.233 e. The van der Waals surface area contributed by atoms with Gasteiger partial charge in [-0.15, -0.1) is 0 Å². The number of aromatic nitrogens is 2. The molecular weight excluding hydrogens is 272 g/mol. The summed E-state index contributed by atoms with van der Waals surface area (Å²) in [6.45, 7) is 5.46. The Morgan fingerprint density at radius 2 is 2.10 bits per heavy atom. The first-order valence-electron chi connectivity index (χ1n) is 7.10. The van der Waals surface area contributed by atoms with E-state index in [1.165, 1.54) is 0 Å². The summed E-state index contributed by atoms with van der Waals surface area (Å²) in [5.41, 5.74) is 5.05. The molecule has 0 bridgehead atoms. The van der Waals surface area contributed by atoms with Gasteiger partial charge in [0.1, 0.15) is 0 Å². The minimum absolute atomic E-state index is 0.0439. The molecule has 5 nitrogen and oxygen atoms in total. The van der Waals surface area contributed by atoms with Crippen LogP contribution in [0.15, 0.2) is 18.7 Å². The highest BCUT2D eigenvalue weighted by Crippen LogP contribution is 2.27. The number of nitrogens with one attached hydrogen (secondary N) is 1. The molecule has 1 heterocycles. The van der Waals surface area contributed by atoms with E-state index in [-0.39, 0.29) is 5.91 Å². The van der Waals surface area contributed by atoms with E-state index in [9.17, 15) is 4.79 Å². The third-order valence-electron chi connectivity index (χ3n) is 3.80. The molecule has 0 aromatic carbocycles. The molecule has 0 atom stereocenters. The van der Waals surface area contributed by atoms with Gasteiger partial charge in [0.05, 0.1) is 16.7 Å². The van der Waals surface area contributed by atoms with E-state index in [0.717, 1.165) is 19.4 Å². The number of carbonyl (C=O) groups is 1. The molecule has 0 saturated carbocycles. The van der Waals surface area contributed by atoms with Gasteiger partial charge in [0, 0.05) is 25.5 Å². The van der Waals surface area contributed by atoms with Crippen molar-refractivity contribution in [1.82, 2.24) is 14.9 Å². The molecule has 0 unspecified atom stereocenters. The molecule has 0 aliphatic heterocycles. The van der Waals surface area contributed by atoms with Crippen molar-refractivity contribution in [1.29, 1.82) is 0 Å². The number of hydrogen-bond acceptors (Lipinski definition) is 3. The number of thiocarbonyl (C=S) groups is 1. The Bertz CT molecular complexity index is 426. The Morgan fingerprint density at radius 1 is 1.40 bits per heavy atom. The molecule has 112 valence electrons. The van der Waals surface area contributed by atoms with Crippen LogP contribution in [0.25, 0.3) is 0 Å². The van der Waals surface area contributed by atoms with Crippen LogP contribution >= 0.6 is 12.2 Å². The predicted octanol–water partition coefficient (Wildman–Crippen LogP) is 1.87.